The van der Waals surface area contributed by atoms with Gasteiger partial charge in [0.1, 0.15) is 17.5 Å². The Hall–Kier alpha value is -3.40. The molecule has 31 heavy (non-hydrogen) atoms. The first-order valence-corrected chi connectivity index (χ1v) is 11.2. The first kappa shape index (κ1) is 22.3. The van der Waals surface area contributed by atoms with Gasteiger partial charge in [0.2, 0.25) is 0 Å². The summed E-state index contributed by atoms with van der Waals surface area (Å²) in [7, 11) is -3.95. The van der Waals surface area contributed by atoms with Crippen LogP contribution in [0.1, 0.15) is 19.7 Å². The van der Waals surface area contributed by atoms with Crippen LogP contribution in [0.3, 0.4) is 0 Å². The molecule has 10 heteroatoms. The Morgan fingerprint density at radius 3 is 2.29 bits per heavy atom. The minimum Gasteiger partial charge on any atom is -0.491 e. The minimum absolute atomic E-state index is 0.00845. The standard InChI is InChI=1S/C21H24FN5O3S/c1-4-23-20-13-21(25-14(3)24-20)26-15-6-8-16(9-7-15)27-31(28,29)17-10-11-19(30-5-2)18(22)12-17/h6-13,27H,4-5H2,1-3H3,(H2,23,24,25,26). The van der Waals surface area contributed by atoms with Gasteiger partial charge in [-0.05, 0) is 63.2 Å². The van der Waals surface area contributed by atoms with Gasteiger partial charge in [-0.1, -0.05) is 0 Å². The third kappa shape index (κ3) is 5.82. The van der Waals surface area contributed by atoms with Crippen molar-refractivity contribution in [3.05, 3.63) is 60.2 Å². The molecule has 3 N–H and O–H groups in total. The second kappa shape index (κ2) is 9.61. The van der Waals surface area contributed by atoms with E-state index in [-0.39, 0.29) is 17.3 Å². The van der Waals surface area contributed by atoms with E-state index in [0.717, 1.165) is 18.3 Å². The minimum atomic E-state index is -3.95. The van der Waals surface area contributed by atoms with Crippen molar-refractivity contribution in [1.82, 2.24) is 9.97 Å². The van der Waals surface area contributed by atoms with E-state index in [1.807, 2.05) is 6.92 Å². The van der Waals surface area contributed by atoms with Crippen molar-refractivity contribution in [1.29, 1.82) is 0 Å². The SMILES string of the molecule is CCNc1cc(Nc2ccc(NS(=O)(=O)c3ccc(OCC)c(F)c3)cc2)nc(C)n1. The number of halogens is 1. The summed E-state index contributed by atoms with van der Waals surface area (Å²) in [4.78, 5) is 8.45. The molecule has 0 fully saturated rings. The number of sulfonamides is 1. The molecule has 3 rings (SSSR count). The highest BCUT2D eigenvalue weighted by Gasteiger charge is 2.17. The molecule has 0 saturated heterocycles. The van der Waals surface area contributed by atoms with E-state index in [4.69, 9.17) is 4.74 Å². The van der Waals surface area contributed by atoms with Crippen molar-refractivity contribution >= 4 is 33.0 Å². The first-order chi connectivity index (χ1) is 14.8. The lowest BCUT2D eigenvalue weighted by Crippen LogP contribution is -2.13. The van der Waals surface area contributed by atoms with Crippen LogP contribution in [0.25, 0.3) is 0 Å². The predicted octanol–water partition coefficient (Wildman–Crippen LogP) is 4.30. The van der Waals surface area contributed by atoms with E-state index in [1.54, 1.807) is 44.2 Å². The molecule has 0 aliphatic heterocycles. The highest BCUT2D eigenvalue weighted by molar-refractivity contribution is 7.92. The second-order valence-corrected chi connectivity index (χ2v) is 8.23. The molecule has 0 atom stereocenters. The van der Waals surface area contributed by atoms with E-state index < -0.39 is 15.8 Å². The Labute approximate surface area is 180 Å². The van der Waals surface area contributed by atoms with E-state index in [2.05, 4.69) is 25.3 Å². The van der Waals surface area contributed by atoms with Crippen molar-refractivity contribution in [2.45, 2.75) is 25.7 Å². The number of nitrogens with one attached hydrogen (secondary N) is 3. The Bertz CT molecular complexity index is 1150. The molecule has 0 amide bonds. The van der Waals surface area contributed by atoms with Crippen LogP contribution in [0.4, 0.5) is 27.4 Å². The fourth-order valence-corrected chi connectivity index (χ4v) is 3.88. The summed E-state index contributed by atoms with van der Waals surface area (Å²) in [6.45, 7) is 6.52. The van der Waals surface area contributed by atoms with Crippen molar-refractivity contribution in [3.63, 3.8) is 0 Å². The van der Waals surface area contributed by atoms with E-state index in [9.17, 15) is 12.8 Å². The van der Waals surface area contributed by atoms with Gasteiger partial charge in [0, 0.05) is 24.0 Å². The highest BCUT2D eigenvalue weighted by Crippen LogP contribution is 2.24. The fourth-order valence-electron chi connectivity index (χ4n) is 2.81. The van der Waals surface area contributed by atoms with Crippen molar-refractivity contribution < 1.29 is 17.5 Å². The fraction of sp³-hybridized carbons (Fsp3) is 0.238. The van der Waals surface area contributed by atoms with E-state index >= 15 is 0 Å². The average Bonchev–Trinajstić information content (AvgIpc) is 2.71. The topological polar surface area (TPSA) is 105 Å². The first-order valence-electron chi connectivity index (χ1n) is 9.72. The Morgan fingerprint density at radius 1 is 0.968 bits per heavy atom. The lowest BCUT2D eigenvalue weighted by Gasteiger charge is -2.12. The van der Waals surface area contributed by atoms with Crippen molar-refractivity contribution in [3.8, 4) is 5.75 Å². The van der Waals surface area contributed by atoms with E-state index in [1.165, 1.54) is 12.1 Å². The Balaban J connectivity index is 1.72. The van der Waals surface area contributed by atoms with Crippen LogP contribution in [0.15, 0.2) is 53.4 Å². The number of anilines is 4. The molecule has 8 nitrogen and oxygen atoms in total. The zero-order chi connectivity index (χ0) is 22.4. The maximum absolute atomic E-state index is 14.0. The van der Waals surface area contributed by atoms with Gasteiger partial charge in [0.15, 0.2) is 11.6 Å². The monoisotopic (exact) mass is 445 g/mol. The van der Waals surface area contributed by atoms with E-state index in [0.29, 0.717) is 23.1 Å². The number of hydrogen-bond acceptors (Lipinski definition) is 7. The molecule has 1 heterocycles. The van der Waals surface area contributed by atoms with Gasteiger partial charge in [-0.3, -0.25) is 4.72 Å². The molecule has 0 unspecified atom stereocenters. The molecule has 0 spiro atoms. The van der Waals surface area contributed by atoms with Crippen LogP contribution in [0.2, 0.25) is 0 Å². The summed E-state index contributed by atoms with van der Waals surface area (Å²) in [6.07, 6.45) is 0. The quantitative estimate of drug-likeness (QED) is 0.451. The molecular weight excluding hydrogens is 421 g/mol. The lowest BCUT2D eigenvalue weighted by atomic mass is 10.3. The zero-order valence-electron chi connectivity index (χ0n) is 17.4. The summed E-state index contributed by atoms with van der Waals surface area (Å²) in [5, 5.41) is 6.30. The summed E-state index contributed by atoms with van der Waals surface area (Å²) in [6, 6.07) is 11.9. The Morgan fingerprint density at radius 2 is 1.65 bits per heavy atom. The summed E-state index contributed by atoms with van der Waals surface area (Å²) >= 11 is 0. The highest BCUT2D eigenvalue weighted by atomic mass is 32.2. The van der Waals surface area contributed by atoms with Crippen LogP contribution >= 0.6 is 0 Å². The molecule has 1 aromatic heterocycles. The van der Waals surface area contributed by atoms with Gasteiger partial charge in [-0.15, -0.1) is 0 Å². The van der Waals surface area contributed by atoms with Gasteiger partial charge in [0.05, 0.1) is 11.5 Å². The third-order valence-electron chi connectivity index (χ3n) is 4.12. The number of aryl methyl sites for hydroxylation is 1. The van der Waals surface area contributed by atoms with Gasteiger partial charge in [0.25, 0.3) is 10.0 Å². The number of rotatable bonds is 9. The largest absolute Gasteiger partial charge is 0.491 e. The third-order valence-corrected chi connectivity index (χ3v) is 5.50. The molecule has 164 valence electrons. The van der Waals surface area contributed by atoms with Crippen LogP contribution < -0.4 is 20.1 Å². The number of hydrogen-bond donors (Lipinski definition) is 3. The number of aromatic nitrogens is 2. The maximum Gasteiger partial charge on any atom is 0.262 e. The van der Waals surface area contributed by atoms with Crippen LogP contribution in [-0.2, 0) is 10.0 Å². The van der Waals surface area contributed by atoms with Crippen molar-refractivity contribution in [2.24, 2.45) is 0 Å². The van der Waals surface area contributed by atoms with Crippen LogP contribution in [-0.4, -0.2) is 31.5 Å². The lowest BCUT2D eigenvalue weighted by molar-refractivity contribution is 0.321. The molecule has 2 aromatic carbocycles. The Kier molecular flexibility index (Phi) is 6.91. The van der Waals surface area contributed by atoms with Gasteiger partial charge in [-0.25, -0.2) is 22.8 Å². The molecular formula is C21H24FN5O3S. The maximum atomic E-state index is 14.0. The molecule has 0 bridgehead atoms. The number of ether oxygens (including phenoxy) is 1. The summed E-state index contributed by atoms with van der Waals surface area (Å²) in [5.41, 5.74) is 1.06. The van der Waals surface area contributed by atoms with Gasteiger partial charge < -0.3 is 15.4 Å². The molecule has 0 aliphatic rings. The molecule has 0 aliphatic carbocycles. The van der Waals surface area contributed by atoms with Crippen LogP contribution in [0, 0.1) is 12.7 Å². The average molecular weight is 446 g/mol. The molecule has 3 aromatic rings. The zero-order valence-corrected chi connectivity index (χ0v) is 18.3. The number of nitrogens with zero attached hydrogens (tertiary/aromatic N) is 2. The molecule has 0 saturated carbocycles. The summed E-state index contributed by atoms with van der Waals surface area (Å²) < 4.78 is 46.7. The van der Waals surface area contributed by atoms with Gasteiger partial charge in [-0.2, -0.15) is 0 Å². The second-order valence-electron chi connectivity index (χ2n) is 6.55. The summed E-state index contributed by atoms with van der Waals surface area (Å²) in [5.74, 6) is 1.22. The number of benzene rings is 2. The van der Waals surface area contributed by atoms with Crippen LogP contribution in [0.5, 0.6) is 5.75 Å². The molecule has 0 radical (unpaired) electrons. The smallest absolute Gasteiger partial charge is 0.262 e. The normalized spacial score (nSPS) is 11.1. The predicted molar refractivity (Wildman–Crippen MR) is 119 cm³/mol. The van der Waals surface area contributed by atoms with Crippen molar-refractivity contribution in [2.75, 3.05) is 28.5 Å². The van der Waals surface area contributed by atoms with Gasteiger partial charge >= 0.3 is 0 Å².